The molecule has 10 heavy (non-hydrogen) atoms. The molecule has 0 amide bonds. The molecular weight excluding hydrogens is 148 g/mol. The fourth-order valence-corrected chi connectivity index (χ4v) is 0.658. The van der Waals surface area contributed by atoms with Crippen molar-refractivity contribution in [2.45, 2.75) is 6.92 Å². The van der Waals surface area contributed by atoms with Gasteiger partial charge in [-0.3, -0.25) is 0 Å². The topological polar surface area (TPSA) is 9.23 Å². The van der Waals surface area contributed by atoms with Crippen molar-refractivity contribution in [2.75, 3.05) is 7.11 Å². The molecule has 0 aromatic heterocycles. The Kier molecular flexibility index (Phi) is 3.89. The maximum atomic E-state index is 5.70. The van der Waals surface area contributed by atoms with Gasteiger partial charge < -0.3 is 4.74 Å². The lowest BCUT2D eigenvalue weighted by atomic mass is 10.3. The quantitative estimate of drug-likeness (QED) is 0.454. The van der Waals surface area contributed by atoms with Crippen molar-refractivity contribution in [3.8, 4) is 0 Å². The second-order valence-corrected chi connectivity index (χ2v) is 2.37. The highest BCUT2D eigenvalue weighted by Crippen LogP contribution is 2.14. The molecule has 0 fully saturated rings. The Labute approximate surface area is 66.6 Å². The Morgan fingerprint density at radius 1 is 1.50 bits per heavy atom. The zero-order valence-corrected chi connectivity index (χ0v) is 7.03. The zero-order valence-electron chi connectivity index (χ0n) is 6.28. The van der Waals surface area contributed by atoms with Gasteiger partial charge in [0.25, 0.3) is 0 Å². The number of hydrogen-bond donors (Lipinski definition) is 0. The molecule has 0 heterocycles. The Morgan fingerprint density at radius 2 is 2.00 bits per heavy atom. The van der Waals surface area contributed by atoms with E-state index in [9.17, 15) is 0 Å². The molecule has 0 radical (unpaired) electrons. The van der Waals surface area contributed by atoms with Crippen LogP contribution in [0.1, 0.15) is 6.92 Å². The third-order valence-electron chi connectivity index (χ3n) is 0.886. The fraction of sp³-hybridized carbons (Fsp3) is 0.250. The van der Waals surface area contributed by atoms with Crippen molar-refractivity contribution in [1.29, 1.82) is 0 Å². The van der Waals surface area contributed by atoms with Crippen molar-refractivity contribution in [3.05, 3.63) is 35.6 Å². The molecule has 0 rings (SSSR count). The van der Waals surface area contributed by atoms with Crippen LogP contribution in [0.2, 0.25) is 0 Å². The summed E-state index contributed by atoms with van der Waals surface area (Å²) < 4.78 is 4.78. The third-order valence-corrected chi connectivity index (χ3v) is 1.21. The summed E-state index contributed by atoms with van der Waals surface area (Å²) in [6.07, 6.45) is 1.70. The SMILES string of the molecule is C=C(C)/C=C(/Cl)C(=C)OC. The minimum atomic E-state index is 0.463. The lowest BCUT2D eigenvalue weighted by Crippen LogP contribution is -1.83. The van der Waals surface area contributed by atoms with Gasteiger partial charge in [-0.15, -0.1) is 0 Å². The highest BCUT2D eigenvalue weighted by Gasteiger charge is 1.95. The van der Waals surface area contributed by atoms with Gasteiger partial charge in [0.1, 0.15) is 5.76 Å². The summed E-state index contributed by atoms with van der Waals surface area (Å²) in [5, 5.41) is 0.495. The van der Waals surface area contributed by atoms with Gasteiger partial charge in [-0.1, -0.05) is 30.3 Å². The lowest BCUT2D eigenvalue weighted by molar-refractivity contribution is 0.306. The van der Waals surface area contributed by atoms with Gasteiger partial charge in [-0.2, -0.15) is 0 Å². The predicted molar refractivity (Wildman–Crippen MR) is 44.9 cm³/mol. The van der Waals surface area contributed by atoms with Crippen LogP contribution in [0.4, 0.5) is 0 Å². The molecule has 0 bridgehead atoms. The van der Waals surface area contributed by atoms with Crippen LogP contribution in [0.25, 0.3) is 0 Å². The van der Waals surface area contributed by atoms with E-state index in [-0.39, 0.29) is 0 Å². The van der Waals surface area contributed by atoms with E-state index in [4.69, 9.17) is 16.3 Å². The van der Waals surface area contributed by atoms with E-state index in [1.807, 2.05) is 6.92 Å². The molecule has 0 aromatic carbocycles. The van der Waals surface area contributed by atoms with E-state index in [1.54, 1.807) is 6.08 Å². The standard InChI is InChI=1S/C8H11ClO/c1-6(2)5-8(9)7(3)10-4/h5H,1,3H2,2,4H3/b8-5+. The van der Waals surface area contributed by atoms with E-state index in [1.165, 1.54) is 7.11 Å². The van der Waals surface area contributed by atoms with Gasteiger partial charge >= 0.3 is 0 Å². The van der Waals surface area contributed by atoms with Gasteiger partial charge in [0.15, 0.2) is 0 Å². The Bertz CT molecular complexity index is 180. The summed E-state index contributed by atoms with van der Waals surface area (Å²) in [4.78, 5) is 0. The van der Waals surface area contributed by atoms with E-state index < -0.39 is 0 Å². The second kappa shape index (κ2) is 4.18. The second-order valence-electron chi connectivity index (χ2n) is 1.97. The maximum Gasteiger partial charge on any atom is 0.130 e. The number of halogens is 1. The van der Waals surface area contributed by atoms with Crippen molar-refractivity contribution in [2.24, 2.45) is 0 Å². The largest absolute Gasteiger partial charge is 0.496 e. The molecule has 0 aliphatic carbocycles. The molecular formula is C8H11ClO. The van der Waals surface area contributed by atoms with E-state index in [2.05, 4.69) is 13.2 Å². The van der Waals surface area contributed by atoms with Crippen LogP contribution in [-0.2, 0) is 4.74 Å². The first-order valence-electron chi connectivity index (χ1n) is 2.84. The third kappa shape index (κ3) is 3.36. The van der Waals surface area contributed by atoms with Crippen LogP contribution in [-0.4, -0.2) is 7.11 Å². The summed E-state index contributed by atoms with van der Waals surface area (Å²) in [6, 6.07) is 0. The smallest absolute Gasteiger partial charge is 0.130 e. The molecule has 0 saturated carbocycles. The molecule has 0 aromatic rings. The van der Waals surface area contributed by atoms with Crippen LogP contribution in [0.3, 0.4) is 0 Å². The number of hydrogen-bond acceptors (Lipinski definition) is 1. The van der Waals surface area contributed by atoms with Gasteiger partial charge in [0.05, 0.1) is 12.1 Å². The Balaban J connectivity index is 4.19. The maximum absolute atomic E-state index is 5.70. The Hall–Kier alpha value is -0.690. The summed E-state index contributed by atoms with van der Waals surface area (Å²) in [5.74, 6) is 0.463. The monoisotopic (exact) mass is 158 g/mol. The van der Waals surface area contributed by atoms with Gasteiger partial charge in [-0.25, -0.2) is 0 Å². The van der Waals surface area contributed by atoms with Crippen LogP contribution < -0.4 is 0 Å². The number of rotatable bonds is 3. The first-order chi connectivity index (χ1) is 4.57. The average Bonchev–Trinajstić information content (AvgIpc) is 1.85. The van der Waals surface area contributed by atoms with Crippen molar-refractivity contribution < 1.29 is 4.74 Å². The molecule has 0 unspecified atom stereocenters. The molecule has 0 aliphatic heterocycles. The summed E-state index contributed by atoms with van der Waals surface area (Å²) in [7, 11) is 1.52. The molecule has 0 N–H and O–H groups in total. The van der Waals surface area contributed by atoms with E-state index >= 15 is 0 Å². The molecule has 0 atom stereocenters. The van der Waals surface area contributed by atoms with Crippen molar-refractivity contribution in [3.63, 3.8) is 0 Å². The first kappa shape index (κ1) is 9.31. The van der Waals surface area contributed by atoms with Crippen LogP contribution in [0.5, 0.6) is 0 Å². The van der Waals surface area contributed by atoms with Gasteiger partial charge in [0, 0.05) is 0 Å². The molecule has 0 saturated heterocycles. The normalized spacial score (nSPS) is 10.9. The first-order valence-corrected chi connectivity index (χ1v) is 3.21. The summed E-state index contributed by atoms with van der Waals surface area (Å²) in [6.45, 7) is 9.07. The lowest BCUT2D eigenvalue weighted by Gasteiger charge is -2.00. The summed E-state index contributed by atoms with van der Waals surface area (Å²) >= 11 is 5.70. The van der Waals surface area contributed by atoms with E-state index in [0.717, 1.165) is 5.57 Å². The molecule has 0 spiro atoms. The zero-order chi connectivity index (χ0) is 8.15. The highest BCUT2D eigenvalue weighted by molar-refractivity contribution is 6.31. The number of ether oxygens (including phenoxy) is 1. The van der Waals surface area contributed by atoms with Gasteiger partial charge in [-0.05, 0) is 13.0 Å². The molecule has 1 nitrogen and oxygen atoms in total. The van der Waals surface area contributed by atoms with Crippen LogP contribution in [0.15, 0.2) is 35.6 Å². The summed E-state index contributed by atoms with van der Waals surface area (Å²) in [5.41, 5.74) is 0.878. The van der Waals surface area contributed by atoms with E-state index in [0.29, 0.717) is 10.8 Å². The highest BCUT2D eigenvalue weighted by atomic mass is 35.5. The van der Waals surface area contributed by atoms with Crippen molar-refractivity contribution in [1.82, 2.24) is 0 Å². The fourth-order valence-electron chi connectivity index (χ4n) is 0.394. The molecule has 2 heteroatoms. The number of methoxy groups -OCH3 is 1. The minimum absolute atomic E-state index is 0.463. The number of allylic oxidation sites excluding steroid dienone is 3. The molecule has 0 aliphatic rings. The minimum Gasteiger partial charge on any atom is -0.496 e. The average molecular weight is 159 g/mol. The molecule has 56 valence electrons. The Morgan fingerprint density at radius 3 is 2.30 bits per heavy atom. The van der Waals surface area contributed by atoms with Crippen LogP contribution in [0, 0.1) is 0 Å². The van der Waals surface area contributed by atoms with Crippen molar-refractivity contribution >= 4 is 11.6 Å². The van der Waals surface area contributed by atoms with Gasteiger partial charge in [0.2, 0.25) is 0 Å². The van der Waals surface area contributed by atoms with Crippen LogP contribution >= 0.6 is 11.6 Å². The predicted octanol–water partition coefficient (Wildman–Crippen LogP) is 2.85.